The molecule has 134 valence electrons. The first-order chi connectivity index (χ1) is 11.9. The van der Waals surface area contributed by atoms with Crippen molar-refractivity contribution in [1.82, 2.24) is 10.2 Å². The van der Waals surface area contributed by atoms with Crippen LogP contribution in [0.15, 0.2) is 48.5 Å². The van der Waals surface area contributed by atoms with Crippen molar-refractivity contribution in [1.29, 1.82) is 0 Å². The van der Waals surface area contributed by atoms with Gasteiger partial charge in [-0.3, -0.25) is 4.79 Å². The van der Waals surface area contributed by atoms with E-state index in [2.05, 4.69) is 39.4 Å². The van der Waals surface area contributed by atoms with E-state index in [4.69, 9.17) is 11.6 Å². The zero-order chi connectivity index (χ0) is 18.4. The largest absolute Gasteiger partial charge is 0.378 e. The number of carbonyl (C=O) groups is 1. The van der Waals surface area contributed by atoms with Crippen LogP contribution >= 0.6 is 11.6 Å². The summed E-state index contributed by atoms with van der Waals surface area (Å²) in [6, 6.07) is 15.9. The number of carbonyl (C=O) groups excluding carboxylic acids is 1. The predicted octanol–water partition coefficient (Wildman–Crippen LogP) is 3.37. The highest BCUT2D eigenvalue weighted by Crippen LogP contribution is 2.21. The number of hydrogen-bond acceptors (Lipinski definition) is 3. The average Bonchev–Trinajstić information content (AvgIpc) is 2.57. The second-order valence-electron chi connectivity index (χ2n) is 6.57. The lowest BCUT2D eigenvalue weighted by Gasteiger charge is -2.26. The van der Waals surface area contributed by atoms with Gasteiger partial charge in [-0.1, -0.05) is 35.9 Å². The Hall–Kier alpha value is -2.04. The normalized spacial score (nSPS) is 12.1. The van der Waals surface area contributed by atoms with Gasteiger partial charge in [-0.15, -0.1) is 0 Å². The molecule has 25 heavy (non-hydrogen) atoms. The van der Waals surface area contributed by atoms with Gasteiger partial charge < -0.3 is 15.1 Å². The lowest BCUT2D eigenvalue weighted by molar-refractivity contribution is -0.120. The highest BCUT2D eigenvalue weighted by atomic mass is 35.5. The van der Waals surface area contributed by atoms with Crippen LogP contribution in [0.3, 0.4) is 0 Å². The number of hydrogen-bond donors (Lipinski definition) is 1. The first-order valence-corrected chi connectivity index (χ1v) is 8.69. The fourth-order valence-corrected chi connectivity index (χ4v) is 2.78. The molecular weight excluding hydrogens is 334 g/mol. The topological polar surface area (TPSA) is 35.6 Å². The third-order valence-corrected chi connectivity index (χ3v) is 4.44. The van der Waals surface area contributed by atoms with Crippen LogP contribution in [0.4, 0.5) is 5.69 Å². The molecular formula is C20H26ClN3O. The molecule has 0 saturated carbocycles. The molecule has 2 aromatic rings. The maximum atomic E-state index is 12.2. The number of anilines is 1. The number of rotatable bonds is 7. The van der Waals surface area contributed by atoms with E-state index in [1.54, 1.807) is 12.1 Å². The van der Waals surface area contributed by atoms with Gasteiger partial charge in [0.1, 0.15) is 0 Å². The van der Waals surface area contributed by atoms with Crippen LogP contribution in [0.1, 0.15) is 17.2 Å². The van der Waals surface area contributed by atoms with Crippen molar-refractivity contribution >= 4 is 23.2 Å². The summed E-state index contributed by atoms with van der Waals surface area (Å²) in [5.74, 6) is 0.0130. The van der Waals surface area contributed by atoms with Gasteiger partial charge in [0, 0.05) is 31.4 Å². The van der Waals surface area contributed by atoms with Crippen LogP contribution < -0.4 is 10.2 Å². The summed E-state index contributed by atoms with van der Waals surface area (Å²) in [7, 11) is 8.09. The number of halogens is 1. The second kappa shape index (κ2) is 8.88. The molecule has 0 aliphatic rings. The van der Waals surface area contributed by atoms with Crippen molar-refractivity contribution in [3.05, 3.63) is 64.7 Å². The van der Waals surface area contributed by atoms with Crippen molar-refractivity contribution < 1.29 is 4.79 Å². The molecule has 5 heteroatoms. The fraction of sp³-hybridized carbons (Fsp3) is 0.350. The molecule has 0 aliphatic heterocycles. The van der Waals surface area contributed by atoms with Gasteiger partial charge in [0.15, 0.2) is 0 Å². The Labute approximate surface area is 155 Å². The summed E-state index contributed by atoms with van der Waals surface area (Å²) in [6.07, 6.45) is 0.358. The molecule has 2 rings (SSSR count). The van der Waals surface area contributed by atoms with Gasteiger partial charge in [-0.05, 0) is 49.5 Å². The third kappa shape index (κ3) is 5.76. The summed E-state index contributed by atoms with van der Waals surface area (Å²) in [5.41, 5.74) is 3.30. The molecule has 1 N–H and O–H groups in total. The number of nitrogens with zero attached hydrogens (tertiary/aromatic N) is 2. The van der Waals surface area contributed by atoms with Crippen LogP contribution in [0, 0.1) is 0 Å². The quantitative estimate of drug-likeness (QED) is 0.823. The molecule has 4 nitrogen and oxygen atoms in total. The highest BCUT2D eigenvalue weighted by molar-refractivity contribution is 6.30. The third-order valence-electron chi connectivity index (χ3n) is 4.19. The molecule has 1 atom stereocenters. The van der Waals surface area contributed by atoms with Crippen molar-refractivity contribution in [2.24, 2.45) is 0 Å². The van der Waals surface area contributed by atoms with E-state index < -0.39 is 0 Å². The first kappa shape index (κ1) is 19.3. The van der Waals surface area contributed by atoms with Crippen molar-refractivity contribution in [2.75, 3.05) is 39.6 Å². The maximum Gasteiger partial charge on any atom is 0.224 e. The monoisotopic (exact) mass is 359 g/mol. The Morgan fingerprint density at radius 1 is 1.00 bits per heavy atom. The Kier molecular flexibility index (Phi) is 6.85. The van der Waals surface area contributed by atoms with Crippen LogP contribution in [-0.4, -0.2) is 45.5 Å². The lowest BCUT2D eigenvalue weighted by atomic mass is 10.0. The van der Waals surface area contributed by atoms with E-state index in [9.17, 15) is 4.79 Å². The minimum Gasteiger partial charge on any atom is -0.378 e. The minimum absolute atomic E-state index is 0.0130. The van der Waals surface area contributed by atoms with E-state index in [0.717, 1.165) is 11.3 Å². The molecule has 0 fully saturated rings. The summed E-state index contributed by atoms with van der Waals surface area (Å²) in [4.78, 5) is 16.4. The first-order valence-electron chi connectivity index (χ1n) is 8.31. The van der Waals surface area contributed by atoms with E-state index in [0.29, 0.717) is 18.0 Å². The predicted molar refractivity (Wildman–Crippen MR) is 105 cm³/mol. The summed E-state index contributed by atoms with van der Waals surface area (Å²) in [5, 5.41) is 3.72. The lowest BCUT2D eigenvalue weighted by Crippen LogP contribution is -2.35. The molecule has 0 unspecified atom stereocenters. The van der Waals surface area contributed by atoms with Crippen LogP contribution in [-0.2, 0) is 11.2 Å². The van der Waals surface area contributed by atoms with Gasteiger partial charge in [0.25, 0.3) is 0 Å². The van der Waals surface area contributed by atoms with Crippen LogP contribution in [0.2, 0.25) is 5.02 Å². The molecule has 0 bridgehead atoms. The molecule has 0 spiro atoms. The molecule has 0 aliphatic carbocycles. The van der Waals surface area contributed by atoms with E-state index in [1.807, 2.05) is 40.3 Å². The number of nitrogens with one attached hydrogen (secondary N) is 1. The Morgan fingerprint density at radius 3 is 2.12 bits per heavy atom. The van der Waals surface area contributed by atoms with Crippen LogP contribution in [0.25, 0.3) is 0 Å². The van der Waals surface area contributed by atoms with Gasteiger partial charge in [0.2, 0.25) is 5.91 Å². The summed E-state index contributed by atoms with van der Waals surface area (Å²) >= 11 is 5.88. The molecule has 0 saturated heterocycles. The SMILES string of the molecule is CN(C)c1ccc([C@@H](CNC(=O)Cc2ccc(Cl)cc2)N(C)C)cc1. The summed E-state index contributed by atoms with van der Waals surface area (Å²) < 4.78 is 0. The fourth-order valence-electron chi connectivity index (χ4n) is 2.65. The van der Waals surface area contributed by atoms with Gasteiger partial charge in [-0.25, -0.2) is 0 Å². The zero-order valence-electron chi connectivity index (χ0n) is 15.3. The number of benzene rings is 2. The van der Waals surface area contributed by atoms with Gasteiger partial charge in [0.05, 0.1) is 12.5 Å². The van der Waals surface area contributed by atoms with E-state index in [-0.39, 0.29) is 11.9 Å². The molecule has 1 amide bonds. The molecule has 2 aromatic carbocycles. The van der Waals surface area contributed by atoms with E-state index >= 15 is 0 Å². The zero-order valence-corrected chi connectivity index (χ0v) is 16.0. The Bertz CT molecular complexity index is 681. The Morgan fingerprint density at radius 2 is 1.60 bits per heavy atom. The average molecular weight is 360 g/mol. The highest BCUT2D eigenvalue weighted by Gasteiger charge is 2.15. The van der Waals surface area contributed by atoms with Crippen molar-refractivity contribution in [3.8, 4) is 0 Å². The van der Waals surface area contributed by atoms with Crippen molar-refractivity contribution in [3.63, 3.8) is 0 Å². The smallest absolute Gasteiger partial charge is 0.224 e. The number of likely N-dealkylation sites (N-methyl/N-ethyl adjacent to an activating group) is 1. The summed E-state index contributed by atoms with van der Waals surface area (Å²) in [6.45, 7) is 0.570. The number of amides is 1. The standard InChI is InChI=1S/C20H26ClN3O/c1-23(2)18-11-7-16(8-12-18)19(24(3)4)14-22-20(25)13-15-5-9-17(21)10-6-15/h5-12,19H,13-14H2,1-4H3,(H,22,25)/t19-/m1/s1. The van der Waals surface area contributed by atoms with Crippen LogP contribution in [0.5, 0.6) is 0 Å². The van der Waals surface area contributed by atoms with E-state index in [1.165, 1.54) is 5.56 Å². The van der Waals surface area contributed by atoms with Crippen molar-refractivity contribution in [2.45, 2.75) is 12.5 Å². The van der Waals surface area contributed by atoms with Gasteiger partial charge in [-0.2, -0.15) is 0 Å². The minimum atomic E-state index is 0.0130. The maximum absolute atomic E-state index is 12.2. The molecule has 0 heterocycles. The molecule has 0 aromatic heterocycles. The Balaban J connectivity index is 1.96. The second-order valence-corrected chi connectivity index (χ2v) is 7.01. The van der Waals surface area contributed by atoms with Gasteiger partial charge >= 0.3 is 0 Å². The molecule has 0 radical (unpaired) electrons.